The first-order valence-corrected chi connectivity index (χ1v) is 8.98. The summed E-state index contributed by atoms with van der Waals surface area (Å²) in [5.74, 6) is 0.158. The standard InChI is InChI=1S/C15H22N2O2S/c1-2-20(18,19)14-5-3-13(4-6-14)17-10-8-15(12-17)7-9-16-11-15/h3-6,16H,2,7-12H2,1H3. The van der Waals surface area contributed by atoms with E-state index in [1.165, 1.54) is 12.8 Å². The molecule has 2 heterocycles. The van der Waals surface area contributed by atoms with Gasteiger partial charge in [-0.2, -0.15) is 0 Å². The van der Waals surface area contributed by atoms with Crippen LogP contribution in [0.3, 0.4) is 0 Å². The molecule has 2 saturated heterocycles. The molecule has 4 nitrogen and oxygen atoms in total. The first-order valence-electron chi connectivity index (χ1n) is 7.33. The van der Waals surface area contributed by atoms with Crippen LogP contribution in [-0.2, 0) is 9.84 Å². The molecule has 1 unspecified atom stereocenters. The molecule has 2 aliphatic rings. The molecule has 110 valence electrons. The fourth-order valence-corrected chi connectivity index (χ4v) is 4.21. The van der Waals surface area contributed by atoms with E-state index in [4.69, 9.17) is 0 Å². The minimum absolute atomic E-state index is 0.158. The van der Waals surface area contributed by atoms with Crippen LogP contribution in [-0.4, -0.2) is 40.3 Å². The van der Waals surface area contributed by atoms with Gasteiger partial charge >= 0.3 is 0 Å². The Balaban J connectivity index is 1.76. The Morgan fingerprint density at radius 1 is 1.25 bits per heavy atom. The molecule has 1 aromatic carbocycles. The second-order valence-corrected chi connectivity index (χ2v) is 8.27. The van der Waals surface area contributed by atoms with E-state index in [9.17, 15) is 8.42 Å². The molecule has 1 atom stereocenters. The van der Waals surface area contributed by atoms with Crippen molar-refractivity contribution in [3.8, 4) is 0 Å². The fourth-order valence-electron chi connectivity index (χ4n) is 3.33. The molecular formula is C15H22N2O2S. The van der Waals surface area contributed by atoms with Crippen LogP contribution in [0.15, 0.2) is 29.2 Å². The Morgan fingerprint density at radius 2 is 2.00 bits per heavy atom. The Morgan fingerprint density at radius 3 is 2.60 bits per heavy atom. The zero-order chi connectivity index (χ0) is 14.2. The van der Waals surface area contributed by atoms with Crippen molar-refractivity contribution in [1.29, 1.82) is 0 Å². The maximum Gasteiger partial charge on any atom is 0.178 e. The van der Waals surface area contributed by atoms with Crippen molar-refractivity contribution < 1.29 is 8.42 Å². The van der Waals surface area contributed by atoms with Crippen LogP contribution in [0.1, 0.15) is 19.8 Å². The fraction of sp³-hybridized carbons (Fsp3) is 0.600. The number of hydrogen-bond donors (Lipinski definition) is 1. The van der Waals surface area contributed by atoms with Gasteiger partial charge < -0.3 is 10.2 Å². The molecular weight excluding hydrogens is 272 g/mol. The van der Waals surface area contributed by atoms with Gasteiger partial charge in [0, 0.05) is 30.7 Å². The van der Waals surface area contributed by atoms with Crippen molar-refractivity contribution in [2.24, 2.45) is 5.41 Å². The minimum Gasteiger partial charge on any atom is -0.371 e. The summed E-state index contributed by atoms with van der Waals surface area (Å²) in [7, 11) is -3.09. The molecule has 0 bridgehead atoms. The second-order valence-electron chi connectivity index (χ2n) is 6.00. The third-order valence-corrected chi connectivity index (χ3v) is 6.46. The monoisotopic (exact) mass is 294 g/mol. The molecule has 5 heteroatoms. The molecule has 0 amide bonds. The third-order valence-electron chi connectivity index (χ3n) is 4.71. The zero-order valence-corrected chi connectivity index (χ0v) is 12.7. The lowest BCUT2D eigenvalue weighted by atomic mass is 9.86. The van der Waals surface area contributed by atoms with Gasteiger partial charge in [0.2, 0.25) is 0 Å². The topological polar surface area (TPSA) is 49.4 Å². The van der Waals surface area contributed by atoms with Gasteiger partial charge in [0.25, 0.3) is 0 Å². The molecule has 0 aromatic heterocycles. The minimum atomic E-state index is -3.09. The van der Waals surface area contributed by atoms with Crippen molar-refractivity contribution in [3.05, 3.63) is 24.3 Å². The number of benzene rings is 1. The summed E-state index contributed by atoms with van der Waals surface area (Å²) < 4.78 is 23.6. The van der Waals surface area contributed by atoms with E-state index >= 15 is 0 Å². The second kappa shape index (κ2) is 5.04. The summed E-state index contributed by atoms with van der Waals surface area (Å²) in [6.45, 7) is 6.08. The van der Waals surface area contributed by atoms with Gasteiger partial charge in [0.05, 0.1) is 10.6 Å². The maximum absolute atomic E-state index is 11.8. The summed E-state index contributed by atoms with van der Waals surface area (Å²) in [6.07, 6.45) is 2.49. The number of nitrogens with one attached hydrogen (secondary N) is 1. The van der Waals surface area contributed by atoms with E-state index in [1.54, 1.807) is 19.1 Å². The summed E-state index contributed by atoms with van der Waals surface area (Å²) in [5, 5.41) is 3.46. The van der Waals surface area contributed by atoms with Crippen LogP contribution in [0.5, 0.6) is 0 Å². The van der Waals surface area contributed by atoms with Crippen LogP contribution in [0.2, 0.25) is 0 Å². The van der Waals surface area contributed by atoms with Crippen LogP contribution in [0.25, 0.3) is 0 Å². The number of sulfone groups is 1. The van der Waals surface area contributed by atoms with E-state index in [1.807, 2.05) is 12.1 Å². The summed E-state index contributed by atoms with van der Waals surface area (Å²) >= 11 is 0. The molecule has 1 N–H and O–H groups in total. The average Bonchev–Trinajstić information content (AvgIpc) is 3.10. The Kier molecular flexibility index (Phi) is 3.50. The lowest BCUT2D eigenvalue weighted by Gasteiger charge is -2.24. The molecule has 2 fully saturated rings. The Bertz CT molecular complexity index is 574. The first kappa shape index (κ1) is 13.9. The molecule has 1 spiro atoms. The predicted octanol–water partition coefficient (Wildman–Crippen LogP) is 1.67. The van der Waals surface area contributed by atoms with Crippen molar-refractivity contribution in [2.45, 2.75) is 24.7 Å². The van der Waals surface area contributed by atoms with E-state index in [0.717, 1.165) is 31.9 Å². The molecule has 0 saturated carbocycles. The third kappa shape index (κ3) is 2.44. The van der Waals surface area contributed by atoms with Gasteiger partial charge in [0.15, 0.2) is 9.84 Å². The van der Waals surface area contributed by atoms with E-state index < -0.39 is 9.84 Å². The van der Waals surface area contributed by atoms with Crippen molar-refractivity contribution in [1.82, 2.24) is 5.32 Å². The Hall–Kier alpha value is -1.07. The van der Waals surface area contributed by atoms with Crippen LogP contribution >= 0.6 is 0 Å². The first-order chi connectivity index (χ1) is 9.55. The average molecular weight is 294 g/mol. The largest absolute Gasteiger partial charge is 0.371 e. The number of anilines is 1. The molecule has 1 aromatic rings. The highest BCUT2D eigenvalue weighted by Crippen LogP contribution is 2.38. The van der Waals surface area contributed by atoms with Gasteiger partial charge in [-0.3, -0.25) is 0 Å². The van der Waals surface area contributed by atoms with Crippen molar-refractivity contribution >= 4 is 15.5 Å². The summed E-state index contributed by atoms with van der Waals surface area (Å²) in [5.41, 5.74) is 1.58. The highest BCUT2D eigenvalue weighted by Gasteiger charge is 2.40. The highest BCUT2D eigenvalue weighted by atomic mass is 32.2. The van der Waals surface area contributed by atoms with Gasteiger partial charge in [-0.25, -0.2) is 8.42 Å². The van der Waals surface area contributed by atoms with Crippen LogP contribution in [0.4, 0.5) is 5.69 Å². The van der Waals surface area contributed by atoms with E-state index in [-0.39, 0.29) is 5.75 Å². The van der Waals surface area contributed by atoms with Crippen molar-refractivity contribution in [3.63, 3.8) is 0 Å². The molecule has 2 aliphatic heterocycles. The van der Waals surface area contributed by atoms with Crippen molar-refractivity contribution in [2.75, 3.05) is 36.8 Å². The van der Waals surface area contributed by atoms with Gasteiger partial charge in [-0.15, -0.1) is 0 Å². The summed E-state index contributed by atoms with van der Waals surface area (Å²) in [4.78, 5) is 2.82. The maximum atomic E-state index is 11.8. The highest BCUT2D eigenvalue weighted by molar-refractivity contribution is 7.91. The Labute approximate surface area is 121 Å². The lowest BCUT2D eigenvalue weighted by Crippen LogP contribution is -2.29. The zero-order valence-electron chi connectivity index (χ0n) is 11.9. The molecule has 0 radical (unpaired) electrons. The van der Waals surface area contributed by atoms with E-state index in [2.05, 4.69) is 10.2 Å². The molecule has 3 rings (SSSR count). The smallest absolute Gasteiger partial charge is 0.178 e. The quantitative estimate of drug-likeness (QED) is 0.921. The normalized spacial score (nSPS) is 26.6. The van der Waals surface area contributed by atoms with E-state index in [0.29, 0.717) is 10.3 Å². The SMILES string of the molecule is CCS(=O)(=O)c1ccc(N2CCC3(CCNC3)C2)cc1. The molecule has 0 aliphatic carbocycles. The van der Waals surface area contributed by atoms with Gasteiger partial charge in [-0.05, 0) is 43.7 Å². The lowest BCUT2D eigenvalue weighted by molar-refractivity contribution is 0.369. The number of nitrogens with zero attached hydrogens (tertiary/aromatic N) is 1. The molecule has 20 heavy (non-hydrogen) atoms. The summed E-state index contributed by atoms with van der Waals surface area (Å²) in [6, 6.07) is 7.38. The number of rotatable bonds is 3. The van der Waals surface area contributed by atoms with Gasteiger partial charge in [-0.1, -0.05) is 6.92 Å². The predicted molar refractivity (Wildman–Crippen MR) is 80.9 cm³/mol. The number of hydrogen-bond acceptors (Lipinski definition) is 4. The van der Waals surface area contributed by atoms with Crippen LogP contribution < -0.4 is 10.2 Å². The van der Waals surface area contributed by atoms with Crippen LogP contribution in [0, 0.1) is 5.41 Å². The van der Waals surface area contributed by atoms with Gasteiger partial charge in [0.1, 0.15) is 0 Å².